The van der Waals surface area contributed by atoms with Crippen molar-refractivity contribution >= 4 is 9.84 Å². The molecule has 0 aromatic rings. The predicted octanol–water partition coefficient (Wildman–Crippen LogP) is -0.514. The molecule has 0 radical (unpaired) electrons. The summed E-state index contributed by atoms with van der Waals surface area (Å²) in [5.41, 5.74) is 0. The standard InChI is InChI=1S/C3H5NO3S/c1-8(5,6)3-7-2-4/h3H2,1H3. The molecule has 8 heavy (non-hydrogen) atoms. The molecule has 0 saturated carbocycles. The molecule has 0 rings (SSSR count). The van der Waals surface area contributed by atoms with Crippen LogP contribution >= 0.6 is 0 Å². The predicted molar refractivity (Wildman–Crippen MR) is 26.4 cm³/mol. The number of ether oxygens (including phenoxy) is 1. The zero-order valence-corrected chi connectivity index (χ0v) is 5.10. The van der Waals surface area contributed by atoms with Crippen LogP contribution in [0.25, 0.3) is 0 Å². The van der Waals surface area contributed by atoms with Gasteiger partial charge in [0.2, 0.25) is 5.94 Å². The lowest BCUT2D eigenvalue weighted by Crippen LogP contribution is -2.03. The minimum absolute atomic E-state index is 0.524. The summed E-state index contributed by atoms with van der Waals surface area (Å²) in [6, 6.07) is 0. The van der Waals surface area contributed by atoms with E-state index in [0.29, 0.717) is 0 Å². The van der Waals surface area contributed by atoms with Crippen LogP contribution in [0.3, 0.4) is 0 Å². The second kappa shape index (κ2) is 2.52. The van der Waals surface area contributed by atoms with Gasteiger partial charge >= 0.3 is 0 Å². The van der Waals surface area contributed by atoms with Gasteiger partial charge in [0.05, 0.1) is 0 Å². The largest absolute Gasteiger partial charge is 0.411 e. The fourth-order valence-electron chi connectivity index (χ4n) is 0.133. The number of nitrogens with zero attached hydrogens (tertiary/aromatic N) is 1. The van der Waals surface area contributed by atoms with E-state index in [1.165, 1.54) is 6.26 Å². The Kier molecular flexibility index (Phi) is 2.28. The van der Waals surface area contributed by atoms with Crippen LogP contribution in [0.5, 0.6) is 0 Å². The Labute approximate surface area is 47.6 Å². The molecule has 0 heterocycles. The molecule has 0 aromatic carbocycles. The van der Waals surface area contributed by atoms with Crippen LogP contribution in [0.2, 0.25) is 0 Å². The van der Waals surface area contributed by atoms with Crippen molar-refractivity contribution in [3.63, 3.8) is 0 Å². The topological polar surface area (TPSA) is 67.2 Å². The quantitative estimate of drug-likeness (QED) is 0.478. The van der Waals surface area contributed by atoms with Crippen molar-refractivity contribution in [2.75, 3.05) is 12.2 Å². The fraction of sp³-hybridized carbons (Fsp3) is 0.667. The van der Waals surface area contributed by atoms with Crippen molar-refractivity contribution in [2.45, 2.75) is 0 Å². The SMILES string of the molecule is CS(=O)(=O)COC#N. The maximum atomic E-state index is 10.1. The van der Waals surface area contributed by atoms with Gasteiger partial charge in [0.15, 0.2) is 9.84 Å². The molecule has 0 atom stereocenters. The molecule has 0 aliphatic rings. The molecular weight excluding hydrogens is 130 g/mol. The summed E-state index contributed by atoms with van der Waals surface area (Å²) < 4.78 is 24.1. The van der Waals surface area contributed by atoms with E-state index in [1.54, 1.807) is 0 Å². The van der Waals surface area contributed by atoms with E-state index < -0.39 is 15.8 Å². The molecule has 0 aromatic heterocycles. The Hall–Kier alpha value is -0.760. The molecule has 0 N–H and O–H groups in total. The van der Waals surface area contributed by atoms with Gasteiger partial charge in [0.1, 0.15) is 0 Å². The maximum absolute atomic E-state index is 10.1. The Morgan fingerprint density at radius 3 is 2.38 bits per heavy atom. The molecule has 4 nitrogen and oxygen atoms in total. The lowest BCUT2D eigenvalue weighted by atomic mass is 11.5. The Morgan fingerprint density at radius 2 is 2.25 bits per heavy atom. The van der Waals surface area contributed by atoms with Crippen LogP contribution in [0.1, 0.15) is 0 Å². The first-order valence-electron chi connectivity index (χ1n) is 1.75. The average molecular weight is 135 g/mol. The highest BCUT2D eigenvalue weighted by molar-refractivity contribution is 7.90. The number of rotatable bonds is 2. The molecule has 46 valence electrons. The molecule has 0 aliphatic heterocycles. The van der Waals surface area contributed by atoms with Gasteiger partial charge in [-0.2, -0.15) is 5.26 Å². The van der Waals surface area contributed by atoms with Crippen molar-refractivity contribution in [3.05, 3.63) is 0 Å². The summed E-state index contributed by atoms with van der Waals surface area (Å²) in [5, 5.41) is 7.69. The molecule has 5 heteroatoms. The first kappa shape index (κ1) is 7.24. The summed E-state index contributed by atoms with van der Waals surface area (Å²) in [6.07, 6.45) is 2.24. The van der Waals surface area contributed by atoms with E-state index in [2.05, 4.69) is 4.74 Å². The van der Waals surface area contributed by atoms with Crippen molar-refractivity contribution in [2.24, 2.45) is 0 Å². The van der Waals surface area contributed by atoms with Crippen molar-refractivity contribution in [1.82, 2.24) is 0 Å². The normalized spacial score (nSPS) is 10.0. The van der Waals surface area contributed by atoms with Crippen LogP contribution in [0, 0.1) is 11.5 Å². The lowest BCUT2D eigenvalue weighted by Gasteiger charge is -1.88. The van der Waals surface area contributed by atoms with E-state index in [0.717, 1.165) is 6.26 Å². The molecule has 0 bridgehead atoms. The first-order chi connectivity index (χ1) is 3.56. The summed E-state index contributed by atoms with van der Waals surface area (Å²) in [5.74, 6) is -0.524. The number of hydrogen-bond donors (Lipinski definition) is 0. The van der Waals surface area contributed by atoms with Gasteiger partial charge in [-0.05, 0) is 0 Å². The van der Waals surface area contributed by atoms with Crippen molar-refractivity contribution in [1.29, 1.82) is 5.26 Å². The summed E-state index contributed by atoms with van der Waals surface area (Å²) >= 11 is 0. The zero-order chi connectivity index (χ0) is 6.62. The Bertz CT molecular complexity index is 187. The van der Waals surface area contributed by atoms with Gasteiger partial charge in [-0.3, -0.25) is 0 Å². The lowest BCUT2D eigenvalue weighted by molar-refractivity contribution is 0.329. The number of nitriles is 1. The third kappa shape index (κ3) is 5.24. The van der Waals surface area contributed by atoms with Crippen LogP contribution in [-0.4, -0.2) is 20.6 Å². The van der Waals surface area contributed by atoms with Gasteiger partial charge < -0.3 is 4.74 Å². The zero-order valence-electron chi connectivity index (χ0n) is 4.29. The Morgan fingerprint density at radius 1 is 1.75 bits per heavy atom. The van der Waals surface area contributed by atoms with Gasteiger partial charge in [0.25, 0.3) is 6.26 Å². The Balaban J connectivity index is 3.63. The van der Waals surface area contributed by atoms with Crippen LogP contribution in [0.15, 0.2) is 0 Å². The number of hydrogen-bond acceptors (Lipinski definition) is 4. The van der Waals surface area contributed by atoms with Crippen LogP contribution < -0.4 is 0 Å². The van der Waals surface area contributed by atoms with Crippen LogP contribution in [0.4, 0.5) is 0 Å². The fourth-order valence-corrected chi connectivity index (χ4v) is 0.400. The van der Waals surface area contributed by atoms with Gasteiger partial charge in [0, 0.05) is 6.26 Å². The molecule has 0 aliphatic carbocycles. The van der Waals surface area contributed by atoms with E-state index in [1.807, 2.05) is 0 Å². The van der Waals surface area contributed by atoms with Crippen molar-refractivity contribution in [3.8, 4) is 6.26 Å². The second-order valence-corrected chi connectivity index (χ2v) is 3.37. The van der Waals surface area contributed by atoms with Gasteiger partial charge in [-0.15, -0.1) is 0 Å². The minimum atomic E-state index is -3.13. The summed E-state index contributed by atoms with van der Waals surface area (Å²) in [4.78, 5) is 0. The molecule has 0 fully saturated rings. The molecular formula is C3H5NO3S. The number of sulfone groups is 1. The maximum Gasteiger partial charge on any atom is 0.287 e. The summed E-state index contributed by atoms with van der Waals surface area (Å²) in [7, 11) is -3.13. The van der Waals surface area contributed by atoms with Crippen molar-refractivity contribution < 1.29 is 13.2 Å². The van der Waals surface area contributed by atoms with E-state index in [-0.39, 0.29) is 0 Å². The minimum Gasteiger partial charge on any atom is -0.411 e. The van der Waals surface area contributed by atoms with E-state index in [4.69, 9.17) is 5.26 Å². The third-order valence-electron chi connectivity index (χ3n) is 0.338. The molecule has 0 unspecified atom stereocenters. The molecule has 0 saturated heterocycles. The summed E-state index contributed by atoms with van der Waals surface area (Å²) in [6.45, 7) is 0. The van der Waals surface area contributed by atoms with E-state index in [9.17, 15) is 8.42 Å². The highest BCUT2D eigenvalue weighted by atomic mass is 32.2. The van der Waals surface area contributed by atoms with Crippen LogP contribution in [-0.2, 0) is 14.6 Å². The highest BCUT2D eigenvalue weighted by Crippen LogP contribution is 1.80. The van der Waals surface area contributed by atoms with E-state index >= 15 is 0 Å². The molecule has 0 amide bonds. The first-order valence-corrected chi connectivity index (χ1v) is 3.81. The molecule has 0 spiro atoms. The second-order valence-electron chi connectivity index (χ2n) is 1.28. The highest BCUT2D eigenvalue weighted by Gasteiger charge is 1.98. The van der Waals surface area contributed by atoms with Gasteiger partial charge in [-0.1, -0.05) is 0 Å². The van der Waals surface area contributed by atoms with Gasteiger partial charge in [-0.25, -0.2) is 8.42 Å². The average Bonchev–Trinajstić information content (AvgIpc) is 1.59. The smallest absolute Gasteiger partial charge is 0.287 e. The third-order valence-corrected chi connectivity index (χ3v) is 0.884. The monoisotopic (exact) mass is 135 g/mol.